The number of amides is 1. The Morgan fingerprint density at radius 3 is 2.57 bits per heavy atom. The second-order valence-corrected chi connectivity index (χ2v) is 6.03. The number of carbonyl (C=O) groups is 2. The molecule has 1 atom stereocenters. The van der Waals surface area contributed by atoms with Crippen molar-refractivity contribution in [1.29, 1.82) is 0 Å². The van der Waals surface area contributed by atoms with E-state index in [1.807, 2.05) is 23.1 Å². The monoisotopic (exact) mass is 315 g/mol. The molecule has 0 saturated carbocycles. The summed E-state index contributed by atoms with van der Waals surface area (Å²) in [6.07, 6.45) is 5.40. The summed E-state index contributed by atoms with van der Waals surface area (Å²) in [7, 11) is 3.21. The lowest BCUT2D eigenvalue weighted by atomic mass is 9.79. The van der Waals surface area contributed by atoms with Crippen LogP contribution < -0.4 is 9.47 Å². The van der Waals surface area contributed by atoms with Gasteiger partial charge in [0.2, 0.25) is 5.91 Å². The Morgan fingerprint density at radius 2 is 1.91 bits per heavy atom. The molecule has 3 rings (SSSR count). The molecule has 0 radical (unpaired) electrons. The van der Waals surface area contributed by atoms with Crippen molar-refractivity contribution in [2.75, 3.05) is 20.8 Å². The molecule has 1 aromatic carbocycles. The molecule has 5 heteroatoms. The summed E-state index contributed by atoms with van der Waals surface area (Å²) in [4.78, 5) is 25.6. The van der Waals surface area contributed by atoms with E-state index < -0.39 is 5.54 Å². The topological polar surface area (TPSA) is 55.8 Å². The van der Waals surface area contributed by atoms with Crippen LogP contribution in [0.2, 0.25) is 0 Å². The molecule has 0 N–H and O–H groups in total. The van der Waals surface area contributed by atoms with Crippen LogP contribution >= 0.6 is 0 Å². The van der Waals surface area contributed by atoms with Gasteiger partial charge in [-0.05, 0) is 49.1 Å². The summed E-state index contributed by atoms with van der Waals surface area (Å²) in [5, 5.41) is 0. The number of ketones is 1. The highest BCUT2D eigenvalue weighted by atomic mass is 16.5. The van der Waals surface area contributed by atoms with Gasteiger partial charge in [0.15, 0.2) is 17.3 Å². The molecule has 0 aliphatic carbocycles. The number of carbonyl (C=O) groups excluding carboxylic acids is 2. The summed E-state index contributed by atoms with van der Waals surface area (Å²) in [5.41, 5.74) is 1.63. The summed E-state index contributed by atoms with van der Waals surface area (Å²) in [5.74, 6) is 1.45. The Morgan fingerprint density at radius 1 is 1.22 bits per heavy atom. The maximum absolute atomic E-state index is 12.3. The first-order valence-electron chi connectivity index (χ1n) is 7.77. The molecule has 122 valence electrons. The molecule has 2 heterocycles. The van der Waals surface area contributed by atoms with E-state index in [1.165, 1.54) is 6.92 Å². The van der Waals surface area contributed by atoms with Crippen LogP contribution in [-0.4, -0.2) is 37.4 Å². The SMILES string of the molecule is COc1cc2c(cc1OC)C1(/C=C/C(C)=O)CCC(=O)N1CC2. The lowest BCUT2D eigenvalue weighted by Gasteiger charge is -2.42. The predicted molar refractivity (Wildman–Crippen MR) is 85.7 cm³/mol. The third-order valence-electron chi connectivity index (χ3n) is 4.78. The molecule has 1 unspecified atom stereocenters. The smallest absolute Gasteiger partial charge is 0.223 e. The molecule has 0 spiro atoms. The number of nitrogens with zero attached hydrogens (tertiary/aromatic N) is 1. The Bertz CT molecular complexity index is 695. The van der Waals surface area contributed by atoms with Gasteiger partial charge in [-0.3, -0.25) is 9.59 Å². The van der Waals surface area contributed by atoms with Gasteiger partial charge in [-0.25, -0.2) is 0 Å². The minimum Gasteiger partial charge on any atom is -0.493 e. The van der Waals surface area contributed by atoms with Gasteiger partial charge >= 0.3 is 0 Å². The molecule has 0 bridgehead atoms. The third-order valence-corrected chi connectivity index (χ3v) is 4.78. The second-order valence-electron chi connectivity index (χ2n) is 6.03. The Kier molecular flexibility index (Phi) is 3.88. The maximum atomic E-state index is 12.3. The van der Waals surface area contributed by atoms with Crippen LogP contribution in [0.25, 0.3) is 0 Å². The molecule has 1 fully saturated rings. The summed E-state index contributed by atoms with van der Waals surface area (Å²) in [6, 6.07) is 3.93. The largest absolute Gasteiger partial charge is 0.493 e. The van der Waals surface area contributed by atoms with Crippen LogP contribution in [0.1, 0.15) is 30.9 Å². The molecular weight excluding hydrogens is 294 g/mol. The summed E-state index contributed by atoms with van der Waals surface area (Å²) < 4.78 is 10.8. The Balaban J connectivity index is 2.19. The molecule has 1 saturated heterocycles. The van der Waals surface area contributed by atoms with Crippen molar-refractivity contribution in [1.82, 2.24) is 4.90 Å². The van der Waals surface area contributed by atoms with Crippen LogP contribution in [0.3, 0.4) is 0 Å². The molecule has 23 heavy (non-hydrogen) atoms. The van der Waals surface area contributed by atoms with E-state index in [2.05, 4.69) is 0 Å². The number of ether oxygens (including phenoxy) is 2. The van der Waals surface area contributed by atoms with E-state index >= 15 is 0 Å². The van der Waals surface area contributed by atoms with E-state index in [0.29, 0.717) is 30.9 Å². The van der Waals surface area contributed by atoms with Crippen molar-refractivity contribution >= 4 is 11.7 Å². The van der Waals surface area contributed by atoms with Gasteiger partial charge in [0.25, 0.3) is 0 Å². The third kappa shape index (κ3) is 2.40. The Labute approximate surface area is 135 Å². The van der Waals surface area contributed by atoms with Gasteiger partial charge < -0.3 is 14.4 Å². The number of benzene rings is 1. The van der Waals surface area contributed by atoms with Crippen LogP contribution in [0.4, 0.5) is 0 Å². The Hall–Kier alpha value is -2.30. The average molecular weight is 315 g/mol. The molecule has 1 amide bonds. The normalized spacial score (nSPS) is 22.9. The molecule has 0 aromatic heterocycles. The standard InChI is InChI=1S/C18H21NO4/c1-12(20)4-7-18-8-5-17(21)19(18)9-6-13-10-15(22-2)16(23-3)11-14(13)18/h4,7,10-11H,5-6,8-9H2,1-3H3/b7-4+. The van der Waals surface area contributed by atoms with Crippen LogP contribution in [0.5, 0.6) is 11.5 Å². The molecular formula is C18H21NO4. The fraction of sp³-hybridized carbons (Fsp3) is 0.444. The first kappa shape index (κ1) is 15.6. The molecule has 1 aromatic rings. The highest BCUT2D eigenvalue weighted by Crippen LogP contribution is 2.48. The fourth-order valence-corrected chi connectivity index (χ4v) is 3.68. The van der Waals surface area contributed by atoms with Crippen molar-refractivity contribution in [3.63, 3.8) is 0 Å². The van der Waals surface area contributed by atoms with Gasteiger partial charge in [-0.15, -0.1) is 0 Å². The first-order valence-corrected chi connectivity index (χ1v) is 7.77. The van der Waals surface area contributed by atoms with Crippen molar-refractivity contribution in [2.45, 2.75) is 31.7 Å². The van der Waals surface area contributed by atoms with Crippen LogP contribution in [0, 0.1) is 0 Å². The fourth-order valence-electron chi connectivity index (χ4n) is 3.68. The van der Waals surface area contributed by atoms with Gasteiger partial charge in [-0.2, -0.15) is 0 Å². The van der Waals surface area contributed by atoms with Crippen LogP contribution in [-0.2, 0) is 21.5 Å². The van der Waals surface area contributed by atoms with E-state index in [4.69, 9.17) is 9.47 Å². The van der Waals surface area contributed by atoms with Gasteiger partial charge in [0, 0.05) is 13.0 Å². The zero-order valence-corrected chi connectivity index (χ0v) is 13.7. The summed E-state index contributed by atoms with van der Waals surface area (Å²) >= 11 is 0. The number of methoxy groups -OCH3 is 2. The zero-order valence-electron chi connectivity index (χ0n) is 13.7. The number of fused-ring (bicyclic) bond motifs is 3. The number of allylic oxidation sites excluding steroid dienone is 1. The highest BCUT2D eigenvalue weighted by molar-refractivity contribution is 5.88. The van der Waals surface area contributed by atoms with E-state index in [-0.39, 0.29) is 11.7 Å². The van der Waals surface area contributed by atoms with Crippen molar-refractivity contribution < 1.29 is 19.1 Å². The highest BCUT2D eigenvalue weighted by Gasteiger charge is 2.48. The second kappa shape index (κ2) is 5.72. The molecule has 2 aliphatic heterocycles. The minimum atomic E-state index is -0.546. The number of hydrogen-bond acceptors (Lipinski definition) is 4. The van der Waals surface area contributed by atoms with Crippen LogP contribution in [0.15, 0.2) is 24.3 Å². The number of hydrogen-bond donors (Lipinski definition) is 0. The maximum Gasteiger partial charge on any atom is 0.223 e. The number of rotatable bonds is 4. The summed E-state index contributed by atoms with van der Waals surface area (Å²) in [6.45, 7) is 2.18. The van der Waals surface area contributed by atoms with Gasteiger partial charge in [0.1, 0.15) is 0 Å². The van der Waals surface area contributed by atoms with Gasteiger partial charge in [-0.1, -0.05) is 6.08 Å². The molecule has 5 nitrogen and oxygen atoms in total. The van der Waals surface area contributed by atoms with E-state index in [9.17, 15) is 9.59 Å². The van der Waals surface area contributed by atoms with E-state index in [0.717, 1.165) is 17.5 Å². The quantitative estimate of drug-likeness (QED) is 0.800. The van der Waals surface area contributed by atoms with Crippen molar-refractivity contribution in [3.05, 3.63) is 35.4 Å². The average Bonchev–Trinajstić information content (AvgIpc) is 2.89. The minimum absolute atomic E-state index is 0.0220. The zero-order chi connectivity index (χ0) is 16.6. The lowest BCUT2D eigenvalue weighted by molar-refractivity contribution is -0.131. The van der Waals surface area contributed by atoms with E-state index in [1.54, 1.807) is 20.3 Å². The van der Waals surface area contributed by atoms with Gasteiger partial charge in [0.05, 0.1) is 19.8 Å². The predicted octanol–water partition coefficient (Wildman–Crippen LogP) is 2.22. The van der Waals surface area contributed by atoms with Crippen molar-refractivity contribution in [2.24, 2.45) is 0 Å². The lowest BCUT2D eigenvalue weighted by Crippen LogP contribution is -2.47. The first-order chi connectivity index (χ1) is 11.0. The molecule has 2 aliphatic rings. The van der Waals surface area contributed by atoms with Crippen molar-refractivity contribution in [3.8, 4) is 11.5 Å².